The maximum Gasteiger partial charge on any atom is 0.124 e. The lowest BCUT2D eigenvalue weighted by molar-refractivity contribution is 0.151. The van der Waals surface area contributed by atoms with Crippen molar-refractivity contribution in [2.75, 3.05) is 18.8 Å². The van der Waals surface area contributed by atoms with Gasteiger partial charge in [0.05, 0.1) is 11.0 Å². The number of hydrogen-bond donors (Lipinski definition) is 2. The van der Waals surface area contributed by atoms with Crippen LogP contribution in [0, 0.1) is 0 Å². The average Bonchev–Trinajstić information content (AvgIpc) is 3.04. The zero-order valence-corrected chi connectivity index (χ0v) is 13.9. The molecule has 1 unspecified atom stereocenters. The minimum Gasteiger partial charge on any atom is -0.384 e. The van der Waals surface area contributed by atoms with Gasteiger partial charge in [-0.1, -0.05) is 36.8 Å². The molecule has 0 saturated carbocycles. The van der Waals surface area contributed by atoms with Gasteiger partial charge in [0.1, 0.15) is 5.82 Å². The first-order chi connectivity index (χ1) is 11.8. The van der Waals surface area contributed by atoms with Crippen LogP contribution in [-0.2, 0) is 6.42 Å². The Morgan fingerprint density at radius 1 is 1.12 bits per heavy atom. The number of nitrogens with one attached hydrogen (secondary N) is 1. The summed E-state index contributed by atoms with van der Waals surface area (Å²) in [6, 6.07) is 15.1. The highest BCUT2D eigenvalue weighted by Crippen LogP contribution is 2.34. The number of aromatic nitrogens is 2. The summed E-state index contributed by atoms with van der Waals surface area (Å²) < 4.78 is 0. The lowest BCUT2D eigenvalue weighted by Crippen LogP contribution is -2.35. The van der Waals surface area contributed by atoms with Gasteiger partial charge in [0.25, 0.3) is 0 Å². The molecule has 3 N–H and O–H groups in total. The van der Waals surface area contributed by atoms with E-state index in [0.29, 0.717) is 11.9 Å². The zero-order chi connectivity index (χ0) is 16.4. The number of nitrogens with two attached hydrogens (primary N) is 1. The van der Waals surface area contributed by atoms with Crippen molar-refractivity contribution in [3.05, 3.63) is 59.8 Å². The van der Waals surface area contributed by atoms with E-state index in [0.717, 1.165) is 30.5 Å². The van der Waals surface area contributed by atoms with Crippen LogP contribution in [0.5, 0.6) is 0 Å². The fourth-order valence-electron chi connectivity index (χ4n) is 3.82. The molecule has 0 bridgehead atoms. The van der Waals surface area contributed by atoms with Gasteiger partial charge < -0.3 is 10.7 Å². The fourth-order valence-corrected chi connectivity index (χ4v) is 3.82. The summed E-state index contributed by atoms with van der Waals surface area (Å²) in [4.78, 5) is 10.6. The van der Waals surface area contributed by atoms with Crippen LogP contribution in [0.3, 0.4) is 0 Å². The quantitative estimate of drug-likeness (QED) is 0.766. The van der Waals surface area contributed by atoms with Crippen LogP contribution >= 0.6 is 0 Å². The molecule has 1 saturated heterocycles. The zero-order valence-electron chi connectivity index (χ0n) is 13.9. The van der Waals surface area contributed by atoms with Crippen molar-refractivity contribution < 1.29 is 0 Å². The summed E-state index contributed by atoms with van der Waals surface area (Å²) in [5.74, 6) is 0.593. The van der Waals surface area contributed by atoms with E-state index in [2.05, 4.69) is 51.4 Å². The molecule has 0 radical (unpaired) electrons. The Morgan fingerprint density at radius 3 is 2.88 bits per heavy atom. The number of aromatic amines is 1. The Kier molecular flexibility index (Phi) is 4.22. The maximum absolute atomic E-state index is 5.91. The van der Waals surface area contributed by atoms with Crippen molar-refractivity contribution in [3.63, 3.8) is 0 Å². The first-order valence-corrected chi connectivity index (χ1v) is 8.83. The summed E-state index contributed by atoms with van der Waals surface area (Å²) in [5, 5.41) is 0. The predicted molar refractivity (Wildman–Crippen MR) is 98.8 cm³/mol. The molecule has 4 rings (SSSR count). The summed E-state index contributed by atoms with van der Waals surface area (Å²) in [6.45, 7) is 2.25. The molecule has 3 aromatic rings. The monoisotopic (exact) mass is 320 g/mol. The minimum atomic E-state index is 0.436. The van der Waals surface area contributed by atoms with Gasteiger partial charge in [0.15, 0.2) is 0 Å². The third-order valence-electron chi connectivity index (χ3n) is 5.08. The summed E-state index contributed by atoms with van der Waals surface area (Å²) >= 11 is 0. The van der Waals surface area contributed by atoms with Gasteiger partial charge in [0.2, 0.25) is 0 Å². The Morgan fingerprint density at radius 2 is 2.00 bits per heavy atom. The number of pyridine rings is 1. The van der Waals surface area contributed by atoms with E-state index < -0.39 is 0 Å². The number of H-pyrrole nitrogens is 1. The van der Waals surface area contributed by atoms with Crippen molar-refractivity contribution in [2.45, 2.75) is 31.7 Å². The molecule has 1 aliphatic rings. The molecule has 24 heavy (non-hydrogen) atoms. The first-order valence-electron chi connectivity index (χ1n) is 8.83. The molecular weight excluding hydrogens is 296 g/mol. The second-order valence-electron chi connectivity index (χ2n) is 6.66. The van der Waals surface area contributed by atoms with Crippen LogP contribution in [0.25, 0.3) is 11.0 Å². The average molecular weight is 320 g/mol. The number of nitrogen functional groups attached to an aromatic ring is 1. The highest BCUT2D eigenvalue weighted by atomic mass is 15.2. The fraction of sp³-hybridized carbons (Fsp3) is 0.350. The molecule has 0 amide bonds. The summed E-state index contributed by atoms with van der Waals surface area (Å²) in [5.41, 5.74) is 10.7. The molecule has 1 aliphatic heterocycles. The summed E-state index contributed by atoms with van der Waals surface area (Å²) in [7, 11) is 0. The predicted octanol–water partition coefficient (Wildman–Crippen LogP) is 3.91. The first kappa shape index (κ1) is 15.2. The maximum atomic E-state index is 5.91. The molecule has 0 aliphatic carbocycles. The highest BCUT2D eigenvalue weighted by Gasteiger charge is 2.26. The number of hydrogen-bond acceptors (Lipinski definition) is 3. The Labute approximate surface area is 142 Å². The molecule has 3 heterocycles. The van der Waals surface area contributed by atoms with Crippen LogP contribution < -0.4 is 5.73 Å². The van der Waals surface area contributed by atoms with E-state index in [-0.39, 0.29) is 0 Å². The third-order valence-corrected chi connectivity index (χ3v) is 5.08. The number of anilines is 1. The van der Waals surface area contributed by atoms with Crippen LogP contribution in [0.4, 0.5) is 5.82 Å². The molecule has 2 aromatic heterocycles. The number of benzene rings is 1. The van der Waals surface area contributed by atoms with E-state index in [4.69, 9.17) is 5.73 Å². The molecule has 0 spiro atoms. The normalized spacial score (nSPS) is 18.9. The number of fused-ring (bicyclic) bond motifs is 1. The van der Waals surface area contributed by atoms with Gasteiger partial charge in [0, 0.05) is 24.3 Å². The lowest BCUT2D eigenvalue weighted by atomic mass is 9.95. The van der Waals surface area contributed by atoms with Crippen LogP contribution in [0.15, 0.2) is 48.7 Å². The molecule has 4 heteroatoms. The molecular formula is C20H24N4. The van der Waals surface area contributed by atoms with Gasteiger partial charge in [-0.3, -0.25) is 4.90 Å². The number of piperidine rings is 1. The van der Waals surface area contributed by atoms with Gasteiger partial charge in [-0.25, -0.2) is 4.98 Å². The number of likely N-dealkylation sites (tertiary alicyclic amines) is 1. The molecule has 1 fully saturated rings. The van der Waals surface area contributed by atoms with Crippen molar-refractivity contribution in [2.24, 2.45) is 0 Å². The minimum absolute atomic E-state index is 0.436. The van der Waals surface area contributed by atoms with E-state index in [1.165, 1.54) is 30.4 Å². The molecule has 124 valence electrons. The second-order valence-corrected chi connectivity index (χ2v) is 6.66. The smallest absolute Gasteiger partial charge is 0.124 e. The second kappa shape index (κ2) is 6.65. The van der Waals surface area contributed by atoms with Crippen molar-refractivity contribution in [1.29, 1.82) is 0 Å². The van der Waals surface area contributed by atoms with Gasteiger partial charge >= 0.3 is 0 Å². The van der Waals surface area contributed by atoms with E-state index in [9.17, 15) is 0 Å². The van der Waals surface area contributed by atoms with Gasteiger partial charge in [-0.05, 0) is 43.5 Å². The van der Waals surface area contributed by atoms with Crippen molar-refractivity contribution in [3.8, 4) is 0 Å². The van der Waals surface area contributed by atoms with E-state index >= 15 is 0 Å². The summed E-state index contributed by atoms with van der Waals surface area (Å²) in [6.07, 6.45) is 6.97. The largest absolute Gasteiger partial charge is 0.384 e. The highest BCUT2D eigenvalue weighted by molar-refractivity contribution is 5.80. The van der Waals surface area contributed by atoms with E-state index in [1.807, 2.05) is 12.1 Å². The van der Waals surface area contributed by atoms with Crippen molar-refractivity contribution >= 4 is 16.9 Å². The van der Waals surface area contributed by atoms with Crippen LogP contribution in [0.1, 0.15) is 36.4 Å². The SMILES string of the molecule is Nc1ccc2[nH]cc(C3CCCCN3CCc3ccccc3)c2n1. The molecule has 1 atom stereocenters. The topological polar surface area (TPSA) is 57.9 Å². The standard InChI is InChI=1S/C20H24N4/c21-19-10-9-17-20(23-19)16(14-22-17)18-8-4-5-12-24(18)13-11-15-6-2-1-3-7-15/h1-3,6-7,9-10,14,18,22H,4-5,8,11-13H2,(H2,21,23). The lowest BCUT2D eigenvalue weighted by Gasteiger charge is -2.35. The Hall–Kier alpha value is -2.33. The van der Waals surface area contributed by atoms with Crippen LogP contribution in [-0.4, -0.2) is 28.0 Å². The number of nitrogens with zero attached hydrogens (tertiary/aromatic N) is 2. The van der Waals surface area contributed by atoms with Crippen molar-refractivity contribution in [1.82, 2.24) is 14.9 Å². The third kappa shape index (κ3) is 3.02. The van der Waals surface area contributed by atoms with Gasteiger partial charge in [-0.2, -0.15) is 0 Å². The molecule has 1 aromatic carbocycles. The van der Waals surface area contributed by atoms with E-state index in [1.54, 1.807) is 0 Å². The number of rotatable bonds is 4. The Bertz CT molecular complexity index is 809. The Balaban J connectivity index is 1.58. The molecule has 4 nitrogen and oxygen atoms in total. The van der Waals surface area contributed by atoms with Crippen LogP contribution in [0.2, 0.25) is 0 Å². The van der Waals surface area contributed by atoms with Gasteiger partial charge in [-0.15, -0.1) is 0 Å².